The van der Waals surface area contributed by atoms with Gasteiger partial charge in [0, 0.05) is 56.2 Å². The number of nitrogens with zero attached hydrogens (tertiary/aromatic N) is 4. The van der Waals surface area contributed by atoms with E-state index in [4.69, 9.17) is 0 Å². The number of hydrogen-bond acceptors (Lipinski definition) is 5. The average Bonchev–Trinajstić information content (AvgIpc) is 3.09. The summed E-state index contributed by atoms with van der Waals surface area (Å²) in [4.78, 5) is 15.4. The zero-order valence-corrected chi connectivity index (χ0v) is 15.1. The lowest BCUT2D eigenvalue weighted by Crippen LogP contribution is -2.54. The van der Waals surface area contributed by atoms with Gasteiger partial charge in [0.1, 0.15) is 0 Å². The smallest absolute Gasteiger partial charge is 0.169 e. The number of thiophene rings is 1. The quantitative estimate of drug-likeness (QED) is 0.840. The van der Waals surface area contributed by atoms with Crippen molar-refractivity contribution in [2.75, 3.05) is 19.6 Å². The highest BCUT2D eigenvalue weighted by molar-refractivity contribution is 7.13. The Morgan fingerprint density at radius 2 is 2.04 bits per heavy atom. The van der Waals surface area contributed by atoms with E-state index in [0.29, 0.717) is 12.1 Å². The van der Waals surface area contributed by atoms with Crippen LogP contribution in [0, 0.1) is 0 Å². The fourth-order valence-corrected chi connectivity index (χ4v) is 4.02. The van der Waals surface area contributed by atoms with Crippen molar-refractivity contribution in [1.82, 2.24) is 19.8 Å². The van der Waals surface area contributed by atoms with E-state index in [2.05, 4.69) is 52.0 Å². The highest BCUT2D eigenvalue weighted by Gasteiger charge is 2.27. The van der Waals surface area contributed by atoms with Gasteiger partial charge in [0.15, 0.2) is 5.82 Å². The molecule has 124 valence electrons. The molecule has 0 spiro atoms. The second kappa shape index (κ2) is 7.51. The fourth-order valence-electron chi connectivity index (χ4n) is 3.35. The Bertz CT molecular complexity index is 594. The van der Waals surface area contributed by atoms with Gasteiger partial charge in [-0.05, 0) is 31.7 Å². The van der Waals surface area contributed by atoms with Crippen molar-refractivity contribution in [3.05, 3.63) is 35.5 Å². The summed E-state index contributed by atoms with van der Waals surface area (Å²) in [5.41, 5.74) is 1.21. The minimum atomic E-state index is 0.635. The number of aromatic nitrogens is 2. The third-order valence-corrected chi connectivity index (χ3v) is 5.47. The van der Waals surface area contributed by atoms with Gasteiger partial charge in [-0.1, -0.05) is 13.0 Å². The molecule has 0 N–H and O–H groups in total. The van der Waals surface area contributed by atoms with Crippen molar-refractivity contribution in [3.63, 3.8) is 0 Å². The molecule has 1 atom stereocenters. The van der Waals surface area contributed by atoms with Crippen molar-refractivity contribution < 1.29 is 0 Å². The van der Waals surface area contributed by atoms with Gasteiger partial charge in [0.2, 0.25) is 0 Å². The molecule has 1 aliphatic heterocycles. The van der Waals surface area contributed by atoms with Crippen LogP contribution in [0.5, 0.6) is 0 Å². The Balaban J connectivity index is 1.61. The molecule has 1 aliphatic rings. The number of hydrogen-bond donors (Lipinski definition) is 0. The third-order valence-electron chi connectivity index (χ3n) is 4.60. The Morgan fingerprint density at radius 3 is 2.65 bits per heavy atom. The summed E-state index contributed by atoms with van der Waals surface area (Å²) in [6, 6.07) is 5.40. The van der Waals surface area contributed by atoms with Gasteiger partial charge < -0.3 is 0 Å². The highest BCUT2D eigenvalue weighted by Crippen LogP contribution is 2.21. The van der Waals surface area contributed by atoms with Gasteiger partial charge in [0.25, 0.3) is 0 Å². The molecular formula is C18H26N4S. The SMILES string of the molecule is CC[C@@H]1CN(Cc2cnc(-c3cccs3)nc2)CCN1C(C)C. The van der Waals surface area contributed by atoms with Crippen LogP contribution in [0.4, 0.5) is 0 Å². The monoisotopic (exact) mass is 330 g/mol. The van der Waals surface area contributed by atoms with Crippen LogP contribution < -0.4 is 0 Å². The molecule has 0 unspecified atom stereocenters. The molecule has 3 heterocycles. The summed E-state index contributed by atoms with van der Waals surface area (Å²) < 4.78 is 0. The van der Waals surface area contributed by atoms with Gasteiger partial charge in [-0.3, -0.25) is 9.80 Å². The molecule has 5 heteroatoms. The van der Waals surface area contributed by atoms with E-state index < -0.39 is 0 Å². The van der Waals surface area contributed by atoms with Crippen LogP contribution >= 0.6 is 11.3 Å². The predicted octanol–water partition coefficient (Wildman–Crippen LogP) is 3.51. The van der Waals surface area contributed by atoms with Crippen LogP contribution in [0.3, 0.4) is 0 Å². The number of piperazine rings is 1. The molecule has 0 radical (unpaired) electrons. The maximum Gasteiger partial charge on any atom is 0.169 e. The standard InChI is InChI=1S/C18H26N4S/c1-4-16-13-21(7-8-22(16)14(2)3)12-15-10-19-18(20-11-15)17-6-5-9-23-17/h5-6,9-11,14,16H,4,7-8,12-13H2,1-3H3/t16-/m1/s1. The molecule has 0 amide bonds. The summed E-state index contributed by atoms with van der Waals surface area (Å²) in [7, 11) is 0. The molecule has 23 heavy (non-hydrogen) atoms. The van der Waals surface area contributed by atoms with E-state index in [9.17, 15) is 0 Å². The first-order valence-electron chi connectivity index (χ1n) is 8.50. The maximum absolute atomic E-state index is 4.53. The van der Waals surface area contributed by atoms with Gasteiger partial charge in [0.05, 0.1) is 4.88 Å². The summed E-state index contributed by atoms with van der Waals surface area (Å²) in [6.07, 6.45) is 5.18. The summed E-state index contributed by atoms with van der Waals surface area (Å²) >= 11 is 1.68. The first-order valence-corrected chi connectivity index (χ1v) is 9.38. The van der Waals surface area contributed by atoms with Crippen LogP contribution in [-0.4, -0.2) is 51.5 Å². The topological polar surface area (TPSA) is 32.3 Å². The lowest BCUT2D eigenvalue weighted by Gasteiger charge is -2.43. The van der Waals surface area contributed by atoms with Crippen molar-refractivity contribution >= 4 is 11.3 Å². The van der Waals surface area contributed by atoms with Crippen LogP contribution in [0.1, 0.15) is 32.8 Å². The molecule has 1 saturated heterocycles. The second-order valence-corrected chi connectivity index (χ2v) is 7.47. The Morgan fingerprint density at radius 1 is 1.26 bits per heavy atom. The average molecular weight is 331 g/mol. The maximum atomic E-state index is 4.53. The van der Waals surface area contributed by atoms with Crippen molar-refractivity contribution in [1.29, 1.82) is 0 Å². The van der Waals surface area contributed by atoms with E-state index in [-0.39, 0.29) is 0 Å². The van der Waals surface area contributed by atoms with Gasteiger partial charge in [-0.25, -0.2) is 9.97 Å². The summed E-state index contributed by atoms with van der Waals surface area (Å²) in [5, 5.41) is 2.06. The van der Waals surface area contributed by atoms with Crippen molar-refractivity contribution in [2.24, 2.45) is 0 Å². The second-order valence-electron chi connectivity index (χ2n) is 6.52. The molecule has 0 aliphatic carbocycles. The normalized spacial score (nSPS) is 20.3. The molecule has 1 fully saturated rings. The van der Waals surface area contributed by atoms with Crippen molar-refractivity contribution in [2.45, 2.75) is 45.8 Å². The van der Waals surface area contributed by atoms with Crippen LogP contribution in [-0.2, 0) is 6.54 Å². The number of rotatable bonds is 5. The fraction of sp³-hybridized carbons (Fsp3) is 0.556. The van der Waals surface area contributed by atoms with Crippen LogP contribution in [0.2, 0.25) is 0 Å². The predicted molar refractivity (Wildman–Crippen MR) is 96.5 cm³/mol. The summed E-state index contributed by atoms with van der Waals surface area (Å²) in [5.74, 6) is 0.833. The first kappa shape index (κ1) is 16.6. The van der Waals surface area contributed by atoms with Gasteiger partial charge in [-0.15, -0.1) is 11.3 Å². The molecule has 0 aromatic carbocycles. The molecule has 4 nitrogen and oxygen atoms in total. The zero-order valence-electron chi connectivity index (χ0n) is 14.3. The summed E-state index contributed by atoms with van der Waals surface area (Å²) in [6.45, 7) is 11.3. The molecule has 3 rings (SSSR count). The molecular weight excluding hydrogens is 304 g/mol. The van der Waals surface area contributed by atoms with E-state index in [1.54, 1.807) is 11.3 Å². The van der Waals surface area contributed by atoms with Crippen LogP contribution in [0.25, 0.3) is 10.7 Å². The third kappa shape index (κ3) is 3.97. The molecule has 0 saturated carbocycles. The minimum Gasteiger partial charge on any atom is -0.296 e. The van der Waals surface area contributed by atoms with E-state index in [1.165, 1.54) is 12.0 Å². The molecule has 0 bridgehead atoms. The Kier molecular flexibility index (Phi) is 5.41. The lowest BCUT2D eigenvalue weighted by atomic mass is 10.1. The van der Waals surface area contributed by atoms with E-state index >= 15 is 0 Å². The lowest BCUT2D eigenvalue weighted by molar-refractivity contribution is 0.0456. The Hall–Kier alpha value is -1.30. The van der Waals surface area contributed by atoms with E-state index in [0.717, 1.165) is 36.9 Å². The van der Waals surface area contributed by atoms with Gasteiger partial charge in [-0.2, -0.15) is 0 Å². The highest BCUT2D eigenvalue weighted by atomic mass is 32.1. The zero-order chi connectivity index (χ0) is 16.2. The minimum absolute atomic E-state index is 0.635. The largest absolute Gasteiger partial charge is 0.296 e. The van der Waals surface area contributed by atoms with Crippen molar-refractivity contribution in [3.8, 4) is 10.7 Å². The molecule has 2 aromatic heterocycles. The molecule has 2 aromatic rings. The van der Waals surface area contributed by atoms with Crippen LogP contribution in [0.15, 0.2) is 29.9 Å². The Labute approximate surface area is 143 Å². The van der Waals surface area contributed by atoms with E-state index in [1.807, 2.05) is 18.5 Å². The van der Waals surface area contributed by atoms with Gasteiger partial charge >= 0.3 is 0 Å². The first-order chi connectivity index (χ1) is 11.2.